The number of azide groups is 1. The fourth-order valence-corrected chi connectivity index (χ4v) is 6.58. The van der Waals surface area contributed by atoms with E-state index in [-0.39, 0.29) is 12.0 Å². The molecule has 1 fully saturated rings. The molecule has 2 heterocycles. The topological polar surface area (TPSA) is 299 Å². The Balaban J connectivity index is 2.26. The number of methoxy groups -OCH3 is 1. The van der Waals surface area contributed by atoms with Crippen molar-refractivity contribution in [1.29, 1.82) is 0 Å². The van der Waals surface area contributed by atoms with Gasteiger partial charge in [-0.2, -0.15) is 4.31 Å². The SMILES string of the molecule is COC(=O)C(OC[C@H]1O[C@@H](n2cc(C)c(=O)[nH]c2=O)C[C@@H]1N=[N+]=[N-])P(=O)(O)OP(=O)(O)OP(=O)(O)O. The lowest BCUT2D eigenvalue weighted by atomic mass is 10.1. The van der Waals surface area contributed by atoms with E-state index in [1.165, 1.54) is 13.1 Å². The summed E-state index contributed by atoms with van der Waals surface area (Å²) >= 11 is 0. The molecular formula is C13H20N5O15P3. The maximum atomic E-state index is 12.5. The summed E-state index contributed by atoms with van der Waals surface area (Å²) in [5.41, 5.74) is 7.46. The van der Waals surface area contributed by atoms with Crippen molar-refractivity contribution in [3.05, 3.63) is 43.0 Å². The minimum absolute atomic E-state index is 0.137. The van der Waals surface area contributed by atoms with Gasteiger partial charge in [-0.15, -0.1) is 0 Å². The van der Waals surface area contributed by atoms with E-state index in [1.807, 2.05) is 4.98 Å². The summed E-state index contributed by atoms with van der Waals surface area (Å²) in [6, 6.07) is -1.07. The molecule has 1 aliphatic rings. The average Bonchev–Trinajstić information content (AvgIpc) is 3.10. The molecule has 20 nitrogen and oxygen atoms in total. The molecule has 1 aromatic heterocycles. The number of phosphoric acid groups is 2. The van der Waals surface area contributed by atoms with Gasteiger partial charge in [0.1, 0.15) is 6.23 Å². The third kappa shape index (κ3) is 7.91. The van der Waals surface area contributed by atoms with E-state index in [9.17, 15) is 37.9 Å². The summed E-state index contributed by atoms with van der Waals surface area (Å²) in [6.45, 7) is 0.588. The number of aromatic nitrogens is 2. The van der Waals surface area contributed by atoms with Gasteiger partial charge in [0, 0.05) is 23.1 Å². The second-order valence-electron chi connectivity index (χ2n) is 7.01. The van der Waals surface area contributed by atoms with Crippen LogP contribution >= 0.6 is 23.2 Å². The normalized spacial score (nSPS) is 24.2. The smallest absolute Gasteiger partial charge is 0.467 e. The first kappa shape index (κ1) is 30.1. The molecule has 0 radical (unpaired) electrons. The molecule has 0 saturated carbocycles. The summed E-state index contributed by atoms with van der Waals surface area (Å²) < 4.78 is 58.1. The Hall–Kier alpha value is -2.17. The van der Waals surface area contributed by atoms with Crippen LogP contribution < -0.4 is 11.2 Å². The van der Waals surface area contributed by atoms with E-state index in [0.29, 0.717) is 0 Å². The van der Waals surface area contributed by atoms with Crippen molar-refractivity contribution in [3.8, 4) is 0 Å². The Labute approximate surface area is 199 Å². The monoisotopic (exact) mass is 579 g/mol. The molecule has 0 spiro atoms. The van der Waals surface area contributed by atoms with Gasteiger partial charge in [-0.25, -0.2) is 23.0 Å². The Morgan fingerprint density at radius 1 is 1.31 bits per heavy atom. The average molecular weight is 579 g/mol. The number of carbonyl (C=O) groups excluding carboxylic acids is 1. The summed E-state index contributed by atoms with van der Waals surface area (Å²) in [4.78, 5) is 77.0. The predicted molar refractivity (Wildman–Crippen MR) is 113 cm³/mol. The van der Waals surface area contributed by atoms with E-state index < -0.39 is 71.3 Å². The van der Waals surface area contributed by atoms with Crippen molar-refractivity contribution in [1.82, 2.24) is 9.55 Å². The zero-order valence-corrected chi connectivity index (χ0v) is 20.9. The highest BCUT2D eigenvalue weighted by atomic mass is 31.3. The van der Waals surface area contributed by atoms with Crippen molar-refractivity contribution in [2.45, 2.75) is 37.6 Å². The minimum Gasteiger partial charge on any atom is -0.467 e. The molecule has 1 aliphatic heterocycles. The first-order valence-corrected chi connectivity index (χ1v) is 14.0. The van der Waals surface area contributed by atoms with E-state index >= 15 is 0 Å². The number of carbonyl (C=O) groups is 1. The van der Waals surface area contributed by atoms with Gasteiger partial charge in [-0.05, 0) is 12.5 Å². The van der Waals surface area contributed by atoms with Gasteiger partial charge in [-0.3, -0.25) is 18.9 Å². The lowest BCUT2D eigenvalue weighted by Gasteiger charge is -2.24. The van der Waals surface area contributed by atoms with Crippen LogP contribution in [0.1, 0.15) is 18.2 Å². The highest BCUT2D eigenvalue weighted by Gasteiger charge is 2.49. The van der Waals surface area contributed by atoms with Crippen molar-refractivity contribution < 1.29 is 60.9 Å². The lowest BCUT2D eigenvalue weighted by Crippen LogP contribution is -2.34. The third-order valence-corrected chi connectivity index (χ3v) is 8.80. The van der Waals surface area contributed by atoms with Gasteiger partial charge >= 0.3 is 34.9 Å². The van der Waals surface area contributed by atoms with Crippen molar-refractivity contribution in [3.63, 3.8) is 0 Å². The predicted octanol–water partition coefficient (Wildman–Crippen LogP) is -0.261. The molecule has 5 N–H and O–H groups in total. The second kappa shape index (κ2) is 11.5. The first-order valence-electron chi connectivity index (χ1n) is 9.34. The van der Waals surface area contributed by atoms with Gasteiger partial charge in [0.2, 0.25) is 0 Å². The zero-order valence-electron chi connectivity index (χ0n) is 18.2. The molecule has 1 aromatic rings. The number of ether oxygens (including phenoxy) is 3. The highest BCUT2D eigenvalue weighted by molar-refractivity contribution is 7.68. The Kier molecular flexibility index (Phi) is 9.58. The van der Waals surface area contributed by atoms with Crippen LogP contribution in [0.3, 0.4) is 0 Å². The van der Waals surface area contributed by atoms with Crippen LogP contribution in [0, 0.1) is 6.92 Å². The number of nitrogens with one attached hydrogen (secondary N) is 1. The van der Waals surface area contributed by atoms with Crippen LogP contribution in [0.2, 0.25) is 0 Å². The number of nitrogens with zero attached hydrogens (tertiary/aromatic N) is 4. The van der Waals surface area contributed by atoms with Crippen LogP contribution in [0.15, 0.2) is 20.9 Å². The number of esters is 1. The number of H-pyrrole nitrogens is 1. The molecule has 202 valence electrons. The fourth-order valence-electron chi connectivity index (χ4n) is 2.95. The molecule has 2 rings (SSSR count). The second-order valence-corrected chi connectivity index (χ2v) is 11.8. The third-order valence-electron chi connectivity index (χ3n) is 4.41. The Bertz CT molecular complexity index is 1300. The number of rotatable bonds is 11. The van der Waals surface area contributed by atoms with Crippen molar-refractivity contribution in [2.75, 3.05) is 13.7 Å². The van der Waals surface area contributed by atoms with E-state index in [2.05, 4.69) is 23.4 Å². The molecule has 0 amide bonds. The van der Waals surface area contributed by atoms with Crippen molar-refractivity contribution >= 4 is 29.2 Å². The molecule has 0 aliphatic carbocycles. The van der Waals surface area contributed by atoms with Gasteiger partial charge < -0.3 is 33.8 Å². The fraction of sp³-hybridized carbons (Fsp3) is 0.615. The zero-order chi connectivity index (χ0) is 27.5. The Morgan fingerprint density at radius 3 is 2.50 bits per heavy atom. The molecule has 0 aromatic carbocycles. The lowest BCUT2D eigenvalue weighted by molar-refractivity contribution is -0.151. The summed E-state index contributed by atoms with van der Waals surface area (Å²) in [5, 5.41) is 3.47. The molecule has 36 heavy (non-hydrogen) atoms. The van der Waals surface area contributed by atoms with Gasteiger partial charge in [-0.1, -0.05) is 5.11 Å². The number of hydrogen-bond acceptors (Lipinski definition) is 12. The summed E-state index contributed by atoms with van der Waals surface area (Å²) in [6.07, 6.45) is -1.35. The molecule has 3 unspecified atom stereocenters. The minimum atomic E-state index is -5.90. The van der Waals surface area contributed by atoms with Crippen molar-refractivity contribution in [2.24, 2.45) is 5.11 Å². The maximum absolute atomic E-state index is 12.5. The van der Waals surface area contributed by atoms with Crippen LogP contribution in [0.25, 0.3) is 10.4 Å². The van der Waals surface area contributed by atoms with Gasteiger partial charge in [0.05, 0.1) is 25.9 Å². The highest BCUT2D eigenvalue weighted by Crippen LogP contribution is 2.67. The molecular weight excluding hydrogens is 559 g/mol. The van der Waals surface area contributed by atoms with Gasteiger partial charge in [0.15, 0.2) is 0 Å². The first-order chi connectivity index (χ1) is 16.5. The summed E-state index contributed by atoms with van der Waals surface area (Å²) in [7, 11) is -16.5. The van der Waals surface area contributed by atoms with Crippen LogP contribution in [0.4, 0.5) is 0 Å². The largest absolute Gasteiger partial charge is 0.488 e. The van der Waals surface area contributed by atoms with Crippen LogP contribution in [-0.4, -0.2) is 66.8 Å². The van der Waals surface area contributed by atoms with E-state index in [4.69, 9.17) is 24.8 Å². The quantitative estimate of drug-likeness (QED) is 0.0741. The maximum Gasteiger partial charge on any atom is 0.488 e. The Morgan fingerprint density at radius 2 is 1.94 bits per heavy atom. The van der Waals surface area contributed by atoms with Gasteiger partial charge in [0.25, 0.3) is 11.4 Å². The number of hydrogen-bond donors (Lipinski definition) is 5. The molecule has 0 bridgehead atoms. The standard InChI is InChI=1S/C13H20N5O15P3/c1-6-4-18(13(21)15-10(6)19)9-3-7(16-17-14)8(31-9)5-30-12(11(20)29-2)34(22,23)32-36(27,28)33-35(24,25)26/h4,7-9,12H,3,5H2,1-2H3,(H,22,23)(H,27,28)(H,15,19,21)(H2,24,25,26)/t7-,8+,9+,12?/m0/s1. The summed E-state index contributed by atoms with van der Waals surface area (Å²) in [5.74, 6) is -4.27. The van der Waals surface area contributed by atoms with Crippen LogP contribution in [0.5, 0.6) is 0 Å². The molecule has 1 saturated heterocycles. The van der Waals surface area contributed by atoms with E-state index in [1.54, 1.807) is 0 Å². The number of aryl methyl sites for hydroxylation is 1. The number of aromatic amines is 1. The van der Waals surface area contributed by atoms with Crippen LogP contribution in [-0.2, 0) is 41.3 Å². The molecule has 23 heteroatoms. The van der Waals surface area contributed by atoms with E-state index in [0.717, 1.165) is 11.7 Å². The molecule has 6 atom stereocenters.